The normalized spacial score (nSPS) is 14.7. The fraction of sp³-hybridized carbons (Fsp3) is 0.227. The van der Waals surface area contributed by atoms with Crippen LogP contribution in [0.25, 0.3) is 17.0 Å². The number of likely N-dealkylation sites (N-methyl/N-ethyl adjacent to an activating group) is 1. The Morgan fingerprint density at radius 1 is 1.34 bits per heavy atom. The third-order valence-electron chi connectivity index (χ3n) is 5.36. The second-order valence-electron chi connectivity index (χ2n) is 7.19. The number of pyridine rings is 1. The third kappa shape index (κ3) is 3.76. The van der Waals surface area contributed by atoms with Crippen LogP contribution in [-0.4, -0.2) is 33.7 Å². The summed E-state index contributed by atoms with van der Waals surface area (Å²) in [6, 6.07) is 7.56. The van der Waals surface area contributed by atoms with Gasteiger partial charge in [0.25, 0.3) is 0 Å². The maximum absolute atomic E-state index is 12.7. The van der Waals surface area contributed by atoms with Crippen molar-refractivity contribution in [3.05, 3.63) is 64.4 Å². The summed E-state index contributed by atoms with van der Waals surface area (Å²) in [5.74, 6) is 0.478. The van der Waals surface area contributed by atoms with Crippen molar-refractivity contribution >= 4 is 46.2 Å². The average Bonchev–Trinajstić information content (AvgIpc) is 3.16. The fourth-order valence-electron chi connectivity index (χ4n) is 3.54. The highest BCUT2D eigenvalue weighted by Gasteiger charge is 2.20. The van der Waals surface area contributed by atoms with Gasteiger partial charge in [-0.05, 0) is 48.2 Å². The highest BCUT2D eigenvalue weighted by Crippen LogP contribution is 2.31. The van der Waals surface area contributed by atoms with Crippen molar-refractivity contribution in [2.45, 2.75) is 25.8 Å². The molecule has 0 saturated heterocycles. The van der Waals surface area contributed by atoms with E-state index >= 15 is 0 Å². The zero-order valence-electron chi connectivity index (χ0n) is 16.2. The Balaban J connectivity index is 1.50. The summed E-state index contributed by atoms with van der Waals surface area (Å²) >= 11 is 6.24. The maximum Gasteiger partial charge on any atom is 0.246 e. The molecule has 0 fully saturated rings. The second kappa shape index (κ2) is 7.72. The van der Waals surface area contributed by atoms with E-state index in [1.165, 1.54) is 0 Å². The van der Waals surface area contributed by atoms with E-state index in [1.54, 1.807) is 30.3 Å². The number of para-hydroxylation sites is 1. The SMILES string of the molecule is CC(c1c[nH]c2c(Cl)cccc12)N(C)C(=O)/C=C/c1cnc2c(c1)CCC(=O)N2. The first-order valence-corrected chi connectivity index (χ1v) is 9.81. The Labute approximate surface area is 173 Å². The molecule has 3 heterocycles. The van der Waals surface area contributed by atoms with Crippen LogP contribution in [-0.2, 0) is 16.0 Å². The molecule has 0 radical (unpaired) electrons. The smallest absolute Gasteiger partial charge is 0.246 e. The number of nitrogens with one attached hydrogen (secondary N) is 2. The molecular weight excluding hydrogens is 388 g/mol. The quantitative estimate of drug-likeness (QED) is 0.630. The van der Waals surface area contributed by atoms with Gasteiger partial charge in [0.1, 0.15) is 5.82 Å². The number of carbonyl (C=O) groups excluding carboxylic acids is 2. The molecule has 1 aliphatic rings. The molecular formula is C22H21ClN4O2. The molecule has 6 nitrogen and oxygen atoms in total. The minimum atomic E-state index is -0.128. The van der Waals surface area contributed by atoms with E-state index in [0.717, 1.165) is 27.6 Å². The lowest BCUT2D eigenvalue weighted by atomic mass is 10.0. The van der Waals surface area contributed by atoms with Gasteiger partial charge in [0, 0.05) is 37.3 Å². The number of H-pyrrole nitrogens is 1. The van der Waals surface area contributed by atoms with Crippen LogP contribution in [0.15, 0.2) is 42.7 Å². The van der Waals surface area contributed by atoms with Crippen molar-refractivity contribution in [2.24, 2.45) is 0 Å². The first-order valence-electron chi connectivity index (χ1n) is 9.43. The molecule has 7 heteroatoms. The molecule has 0 aliphatic carbocycles. The number of aryl methyl sites for hydroxylation is 1. The van der Waals surface area contributed by atoms with Crippen molar-refractivity contribution in [3.8, 4) is 0 Å². The van der Waals surface area contributed by atoms with E-state index in [0.29, 0.717) is 23.7 Å². The number of rotatable bonds is 4. The number of carbonyl (C=O) groups is 2. The van der Waals surface area contributed by atoms with Gasteiger partial charge in [-0.15, -0.1) is 0 Å². The molecule has 1 unspecified atom stereocenters. The number of hydrogen-bond acceptors (Lipinski definition) is 3. The Kier molecular flexibility index (Phi) is 5.11. The molecule has 29 heavy (non-hydrogen) atoms. The molecule has 3 aromatic rings. The van der Waals surface area contributed by atoms with Gasteiger partial charge in [-0.3, -0.25) is 9.59 Å². The molecule has 2 aromatic heterocycles. The summed E-state index contributed by atoms with van der Waals surface area (Å²) in [5, 5.41) is 4.42. The summed E-state index contributed by atoms with van der Waals surface area (Å²) in [5.41, 5.74) is 3.70. The zero-order chi connectivity index (χ0) is 20.5. The van der Waals surface area contributed by atoms with Crippen molar-refractivity contribution in [1.29, 1.82) is 0 Å². The van der Waals surface area contributed by atoms with Gasteiger partial charge in [-0.2, -0.15) is 0 Å². The molecule has 1 aromatic carbocycles. The molecule has 4 rings (SSSR count). The molecule has 1 aliphatic heterocycles. The zero-order valence-corrected chi connectivity index (χ0v) is 17.0. The van der Waals surface area contributed by atoms with Crippen LogP contribution in [0, 0.1) is 0 Å². The molecule has 0 bridgehead atoms. The van der Waals surface area contributed by atoms with E-state index in [1.807, 2.05) is 37.4 Å². The number of amides is 2. The number of benzene rings is 1. The lowest BCUT2D eigenvalue weighted by Gasteiger charge is -2.23. The summed E-state index contributed by atoms with van der Waals surface area (Å²) < 4.78 is 0. The Hall–Kier alpha value is -3.12. The monoisotopic (exact) mass is 408 g/mol. The summed E-state index contributed by atoms with van der Waals surface area (Å²) in [6.07, 6.45) is 7.96. The lowest BCUT2D eigenvalue weighted by molar-refractivity contribution is -0.126. The van der Waals surface area contributed by atoms with E-state index in [-0.39, 0.29) is 17.9 Å². The Morgan fingerprint density at radius 2 is 2.17 bits per heavy atom. The minimum absolute atomic E-state index is 0.0161. The Bertz CT molecular complexity index is 1140. The van der Waals surface area contributed by atoms with Gasteiger partial charge in [0.15, 0.2) is 0 Å². The molecule has 2 N–H and O–H groups in total. The van der Waals surface area contributed by atoms with Gasteiger partial charge >= 0.3 is 0 Å². The third-order valence-corrected chi connectivity index (χ3v) is 5.68. The highest BCUT2D eigenvalue weighted by molar-refractivity contribution is 6.35. The van der Waals surface area contributed by atoms with E-state index < -0.39 is 0 Å². The van der Waals surface area contributed by atoms with Crippen LogP contribution >= 0.6 is 11.6 Å². The summed E-state index contributed by atoms with van der Waals surface area (Å²) in [7, 11) is 1.78. The van der Waals surface area contributed by atoms with E-state index in [9.17, 15) is 9.59 Å². The standard InChI is InChI=1S/C22H21ClN4O2/c1-13(17-12-24-21-16(17)4-3-5-18(21)23)27(2)20(29)9-6-14-10-15-7-8-19(28)26-22(15)25-11-14/h3-6,9-13,24H,7-8H2,1-2H3,(H,25,26,28)/b9-6+. The first kappa shape index (κ1) is 19.2. The predicted molar refractivity (Wildman–Crippen MR) is 115 cm³/mol. The van der Waals surface area contributed by atoms with Crippen LogP contribution in [0.3, 0.4) is 0 Å². The van der Waals surface area contributed by atoms with Crippen molar-refractivity contribution in [3.63, 3.8) is 0 Å². The fourth-order valence-corrected chi connectivity index (χ4v) is 3.76. The van der Waals surface area contributed by atoms with Crippen molar-refractivity contribution in [1.82, 2.24) is 14.9 Å². The van der Waals surface area contributed by atoms with Crippen LogP contribution in [0.5, 0.6) is 0 Å². The second-order valence-corrected chi connectivity index (χ2v) is 7.60. The topological polar surface area (TPSA) is 78.1 Å². The largest absolute Gasteiger partial charge is 0.360 e. The van der Waals surface area contributed by atoms with Gasteiger partial charge in [-0.1, -0.05) is 23.7 Å². The van der Waals surface area contributed by atoms with Crippen molar-refractivity contribution in [2.75, 3.05) is 12.4 Å². The minimum Gasteiger partial charge on any atom is -0.360 e. The van der Waals surface area contributed by atoms with E-state index in [2.05, 4.69) is 15.3 Å². The van der Waals surface area contributed by atoms with Crippen LogP contribution in [0.4, 0.5) is 5.82 Å². The van der Waals surface area contributed by atoms with Crippen LogP contribution in [0.1, 0.15) is 36.1 Å². The van der Waals surface area contributed by atoms with Crippen LogP contribution in [0.2, 0.25) is 5.02 Å². The molecule has 1 atom stereocenters. The molecule has 0 saturated carbocycles. The predicted octanol–water partition coefficient (Wildman–Crippen LogP) is 4.33. The first-order chi connectivity index (χ1) is 13.9. The number of nitrogens with zero attached hydrogens (tertiary/aromatic N) is 2. The maximum atomic E-state index is 12.7. The number of anilines is 1. The average molecular weight is 409 g/mol. The molecule has 148 valence electrons. The highest BCUT2D eigenvalue weighted by atomic mass is 35.5. The van der Waals surface area contributed by atoms with Crippen molar-refractivity contribution < 1.29 is 9.59 Å². The summed E-state index contributed by atoms with van der Waals surface area (Å²) in [4.78, 5) is 33.3. The number of aromatic amines is 1. The molecule has 0 spiro atoms. The number of fused-ring (bicyclic) bond motifs is 2. The molecule has 2 amide bonds. The number of halogens is 1. The van der Waals surface area contributed by atoms with Crippen LogP contribution < -0.4 is 5.32 Å². The Morgan fingerprint density at radius 3 is 3.00 bits per heavy atom. The van der Waals surface area contributed by atoms with Gasteiger partial charge in [0.05, 0.1) is 16.6 Å². The van der Waals surface area contributed by atoms with Gasteiger partial charge < -0.3 is 15.2 Å². The van der Waals surface area contributed by atoms with E-state index in [4.69, 9.17) is 11.6 Å². The lowest BCUT2D eigenvalue weighted by Crippen LogP contribution is -2.27. The van der Waals surface area contributed by atoms with Gasteiger partial charge in [-0.25, -0.2) is 4.98 Å². The number of aromatic nitrogens is 2. The van der Waals surface area contributed by atoms with Gasteiger partial charge in [0.2, 0.25) is 11.8 Å². The summed E-state index contributed by atoms with van der Waals surface area (Å²) in [6.45, 7) is 1.98. The number of hydrogen-bond donors (Lipinski definition) is 2.